The second kappa shape index (κ2) is 10.7. The van der Waals surface area contributed by atoms with Crippen molar-refractivity contribution in [3.05, 3.63) is 86.7 Å². The molecule has 0 aliphatic heterocycles. The molecule has 2 aromatic carbocycles. The summed E-state index contributed by atoms with van der Waals surface area (Å²) in [5, 5.41) is 6.37. The molecule has 3 rings (SSSR count). The zero-order valence-corrected chi connectivity index (χ0v) is 19.0. The maximum absolute atomic E-state index is 12.1. The summed E-state index contributed by atoms with van der Waals surface area (Å²) >= 11 is 6.61. The van der Waals surface area contributed by atoms with Crippen molar-refractivity contribution in [2.45, 2.75) is 0 Å². The van der Waals surface area contributed by atoms with Crippen LogP contribution < -0.4 is 15.5 Å². The fourth-order valence-corrected chi connectivity index (χ4v) is 3.22. The van der Waals surface area contributed by atoms with Crippen LogP contribution in [0.15, 0.2) is 79.3 Å². The summed E-state index contributed by atoms with van der Waals surface area (Å²) in [7, 11) is 0. The van der Waals surface area contributed by atoms with Crippen LogP contribution in [-0.4, -0.2) is 30.5 Å². The molecule has 0 fully saturated rings. The lowest BCUT2D eigenvalue weighted by molar-refractivity contribution is -0.120. The van der Waals surface area contributed by atoms with Crippen molar-refractivity contribution in [3.63, 3.8) is 0 Å². The Kier molecular flexibility index (Phi) is 7.74. The standard InChI is InChI=1S/C21H15Br2N3O5/c22-14-7-8-17(31-21(29)18-6-3-9-30-18)13(10-14)11-25-26-19(27)12-24-20(28)15-4-1-2-5-16(15)23/h1-11H,12H2,(H,24,28)(H,26,27)/b25-11-. The first kappa shape index (κ1) is 22.4. The van der Waals surface area contributed by atoms with E-state index >= 15 is 0 Å². The minimum atomic E-state index is -0.666. The Labute approximate surface area is 193 Å². The lowest BCUT2D eigenvalue weighted by Gasteiger charge is -2.07. The first-order valence-corrected chi connectivity index (χ1v) is 10.4. The molecule has 0 radical (unpaired) electrons. The average Bonchev–Trinajstić information content (AvgIpc) is 3.29. The zero-order valence-electron chi connectivity index (χ0n) is 15.8. The van der Waals surface area contributed by atoms with E-state index in [1.54, 1.807) is 48.5 Å². The van der Waals surface area contributed by atoms with Crippen LogP contribution in [0.4, 0.5) is 0 Å². The van der Waals surface area contributed by atoms with Gasteiger partial charge in [-0.3, -0.25) is 9.59 Å². The third-order valence-corrected chi connectivity index (χ3v) is 5.00. The number of esters is 1. The molecule has 0 atom stereocenters. The second-order valence-electron chi connectivity index (χ2n) is 6.00. The molecule has 2 N–H and O–H groups in total. The number of carbonyl (C=O) groups excluding carboxylic acids is 3. The molecular weight excluding hydrogens is 534 g/mol. The van der Waals surface area contributed by atoms with Crippen LogP contribution in [0, 0.1) is 0 Å². The van der Waals surface area contributed by atoms with E-state index in [0.717, 1.165) is 4.47 Å². The SMILES string of the molecule is O=C(CNC(=O)c1ccccc1Br)N/N=C\c1cc(Br)ccc1OC(=O)c1ccco1. The molecule has 0 aliphatic carbocycles. The number of amides is 2. The van der Waals surface area contributed by atoms with Crippen LogP contribution in [0.5, 0.6) is 5.75 Å². The van der Waals surface area contributed by atoms with Crippen molar-refractivity contribution in [1.82, 2.24) is 10.7 Å². The highest BCUT2D eigenvalue weighted by Crippen LogP contribution is 2.23. The van der Waals surface area contributed by atoms with Crippen LogP contribution in [-0.2, 0) is 4.79 Å². The Morgan fingerprint density at radius 2 is 1.87 bits per heavy atom. The van der Waals surface area contributed by atoms with Gasteiger partial charge in [0.25, 0.3) is 11.8 Å². The number of halogens is 2. The van der Waals surface area contributed by atoms with Crippen molar-refractivity contribution in [3.8, 4) is 5.75 Å². The highest BCUT2D eigenvalue weighted by Gasteiger charge is 2.14. The molecule has 158 valence electrons. The minimum Gasteiger partial charge on any atom is -0.457 e. The minimum absolute atomic E-state index is 0.0555. The average molecular weight is 549 g/mol. The first-order valence-electron chi connectivity index (χ1n) is 8.84. The lowest BCUT2D eigenvalue weighted by atomic mass is 10.2. The summed E-state index contributed by atoms with van der Waals surface area (Å²) in [5.74, 6) is -1.31. The Bertz CT molecular complexity index is 1130. The normalized spacial score (nSPS) is 10.6. The van der Waals surface area contributed by atoms with E-state index in [1.165, 1.54) is 18.5 Å². The van der Waals surface area contributed by atoms with Crippen molar-refractivity contribution >= 4 is 55.9 Å². The van der Waals surface area contributed by atoms with Gasteiger partial charge >= 0.3 is 5.97 Å². The number of ether oxygens (including phenoxy) is 1. The van der Waals surface area contributed by atoms with Gasteiger partial charge in [0.2, 0.25) is 5.76 Å². The fraction of sp³-hybridized carbons (Fsp3) is 0.0476. The molecule has 1 heterocycles. The lowest BCUT2D eigenvalue weighted by Crippen LogP contribution is -2.35. The summed E-state index contributed by atoms with van der Waals surface area (Å²) in [5.41, 5.74) is 3.16. The number of hydrogen-bond donors (Lipinski definition) is 2. The van der Waals surface area contributed by atoms with Gasteiger partial charge in [0.05, 0.1) is 24.6 Å². The van der Waals surface area contributed by atoms with Gasteiger partial charge in [0, 0.05) is 14.5 Å². The Morgan fingerprint density at radius 1 is 1.06 bits per heavy atom. The van der Waals surface area contributed by atoms with Crippen LogP contribution in [0.2, 0.25) is 0 Å². The van der Waals surface area contributed by atoms with Gasteiger partial charge in [-0.05, 0) is 58.4 Å². The van der Waals surface area contributed by atoms with E-state index in [-0.39, 0.29) is 18.1 Å². The van der Waals surface area contributed by atoms with E-state index in [1.807, 2.05) is 0 Å². The van der Waals surface area contributed by atoms with Crippen LogP contribution in [0.25, 0.3) is 0 Å². The Balaban J connectivity index is 1.58. The smallest absolute Gasteiger partial charge is 0.379 e. The molecule has 8 nitrogen and oxygen atoms in total. The van der Waals surface area contributed by atoms with Crippen molar-refractivity contribution < 1.29 is 23.5 Å². The molecule has 0 saturated carbocycles. The van der Waals surface area contributed by atoms with Crippen molar-refractivity contribution in [2.24, 2.45) is 5.10 Å². The van der Waals surface area contributed by atoms with Gasteiger partial charge < -0.3 is 14.5 Å². The predicted molar refractivity (Wildman–Crippen MR) is 120 cm³/mol. The van der Waals surface area contributed by atoms with E-state index in [2.05, 4.69) is 47.7 Å². The molecular formula is C21H15Br2N3O5. The van der Waals surface area contributed by atoms with Crippen LogP contribution >= 0.6 is 31.9 Å². The maximum Gasteiger partial charge on any atom is 0.379 e. The first-order chi connectivity index (χ1) is 14.9. The van der Waals surface area contributed by atoms with Gasteiger partial charge in [-0.15, -0.1) is 0 Å². The van der Waals surface area contributed by atoms with Crippen molar-refractivity contribution in [2.75, 3.05) is 6.54 Å². The highest BCUT2D eigenvalue weighted by atomic mass is 79.9. The zero-order chi connectivity index (χ0) is 22.2. The molecule has 0 unspecified atom stereocenters. The molecule has 31 heavy (non-hydrogen) atoms. The summed E-state index contributed by atoms with van der Waals surface area (Å²) in [6.07, 6.45) is 2.69. The Morgan fingerprint density at radius 3 is 2.61 bits per heavy atom. The molecule has 10 heteroatoms. The van der Waals surface area contributed by atoms with Crippen LogP contribution in [0.1, 0.15) is 26.5 Å². The predicted octanol–water partition coefficient (Wildman–Crippen LogP) is 3.90. The molecule has 0 bridgehead atoms. The van der Waals surface area contributed by atoms with Gasteiger partial charge in [-0.1, -0.05) is 28.1 Å². The number of benzene rings is 2. The summed E-state index contributed by atoms with van der Waals surface area (Å²) in [4.78, 5) is 36.2. The summed E-state index contributed by atoms with van der Waals surface area (Å²) in [6.45, 7) is -0.268. The number of furan rings is 1. The summed E-state index contributed by atoms with van der Waals surface area (Å²) < 4.78 is 11.7. The highest BCUT2D eigenvalue weighted by molar-refractivity contribution is 9.10. The van der Waals surface area contributed by atoms with E-state index in [4.69, 9.17) is 9.15 Å². The third-order valence-electron chi connectivity index (χ3n) is 3.82. The van der Waals surface area contributed by atoms with Crippen molar-refractivity contribution in [1.29, 1.82) is 0 Å². The fourth-order valence-electron chi connectivity index (χ4n) is 2.37. The van der Waals surface area contributed by atoms with E-state index in [0.29, 0.717) is 15.6 Å². The molecule has 0 aliphatic rings. The summed E-state index contributed by atoms with van der Waals surface area (Å²) in [6, 6.07) is 14.9. The number of hydrogen-bond acceptors (Lipinski definition) is 6. The third kappa shape index (κ3) is 6.37. The number of rotatable bonds is 7. The molecule has 1 aromatic heterocycles. The van der Waals surface area contributed by atoms with Gasteiger partial charge in [-0.25, -0.2) is 10.2 Å². The number of carbonyl (C=O) groups is 3. The van der Waals surface area contributed by atoms with Gasteiger partial charge in [0.1, 0.15) is 5.75 Å². The topological polar surface area (TPSA) is 110 Å². The van der Waals surface area contributed by atoms with E-state index < -0.39 is 17.8 Å². The number of nitrogens with zero attached hydrogens (tertiary/aromatic N) is 1. The Hall–Kier alpha value is -3.24. The van der Waals surface area contributed by atoms with Gasteiger partial charge in [0.15, 0.2) is 0 Å². The molecule has 2 amide bonds. The monoisotopic (exact) mass is 547 g/mol. The molecule has 3 aromatic rings. The number of hydrazone groups is 1. The number of nitrogens with one attached hydrogen (secondary N) is 2. The molecule has 0 saturated heterocycles. The van der Waals surface area contributed by atoms with E-state index in [9.17, 15) is 14.4 Å². The maximum atomic E-state index is 12.1. The second-order valence-corrected chi connectivity index (χ2v) is 7.77. The quantitative estimate of drug-likeness (QED) is 0.201. The largest absolute Gasteiger partial charge is 0.457 e. The van der Waals surface area contributed by atoms with Crippen LogP contribution in [0.3, 0.4) is 0 Å². The van der Waals surface area contributed by atoms with Gasteiger partial charge in [-0.2, -0.15) is 5.10 Å². The molecule has 0 spiro atoms.